The summed E-state index contributed by atoms with van der Waals surface area (Å²) in [5.41, 5.74) is 3.66. The van der Waals surface area contributed by atoms with Gasteiger partial charge in [0.15, 0.2) is 0 Å². The molecule has 2 N–H and O–H groups in total. The molecule has 0 saturated carbocycles. The summed E-state index contributed by atoms with van der Waals surface area (Å²) in [6.07, 6.45) is 5.83. The zero-order chi connectivity index (χ0) is 16.9. The van der Waals surface area contributed by atoms with E-state index in [-0.39, 0.29) is 5.41 Å². The van der Waals surface area contributed by atoms with Crippen LogP contribution < -0.4 is 15.0 Å². The van der Waals surface area contributed by atoms with Crippen molar-refractivity contribution >= 4 is 22.5 Å². The van der Waals surface area contributed by atoms with Crippen molar-refractivity contribution in [3.63, 3.8) is 0 Å². The summed E-state index contributed by atoms with van der Waals surface area (Å²) in [6, 6.07) is 8.49. The summed E-state index contributed by atoms with van der Waals surface area (Å²) in [4.78, 5) is 14.5. The Morgan fingerprint density at radius 2 is 2.04 bits per heavy atom. The zero-order valence-corrected chi connectivity index (χ0v) is 14.2. The monoisotopic (exact) mass is 335 g/mol. The van der Waals surface area contributed by atoms with Crippen LogP contribution in [0.5, 0.6) is 5.75 Å². The number of piperidine rings is 1. The molecule has 2 aliphatic heterocycles. The average molecular weight is 335 g/mol. The maximum absolute atomic E-state index is 5.51. The number of aromatic nitrogens is 3. The average Bonchev–Trinajstić information content (AvgIpc) is 3.26. The van der Waals surface area contributed by atoms with Crippen molar-refractivity contribution in [2.24, 2.45) is 0 Å². The number of methoxy groups -OCH3 is 1. The van der Waals surface area contributed by atoms with Crippen molar-refractivity contribution in [1.29, 1.82) is 0 Å². The Kier molecular flexibility index (Phi) is 3.21. The number of anilines is 2. The van der Waals surface area contributed by atoms with Crippen LogP contribution in [0.2, 0.25) is 0 Å². The first-order valence-corrected chi connectivity index (χ1v) is 8.76. The normalized spacial score (nSPS) is 18.7. The van der Waals surface area contributed by atoms with Gasteiger partial charge in [0.25, 0.3) is 0 Å². The Bertz CT molecular complexity index is 928. The zero-order valence-electron chi connectivity index (χ0n) is 14.2. The standard InChI is InChI=1S/C19H21N5O/c1-25-13-2-3-16-15(10-13)19(5-8-20-9-6-19)11-24(16)18-14-4-7-21-17(14)22-12-23-18/h2-4,7,10,12,20H,5-6,8-9,11H2,1H3,(H,21,22,23). The van der Waals surface area contributed by atoms with Crippen molar-refractivity contribution in [1.82, 2.24) is 20.3 Å². The molecule has 1 spiro atoms. The van der Waals surface area contributed by atoms with Crippen molar-refractivity contribution in [3.8, 4) is 5.75 Å². The first-order valence-electron chi connectivity index (χ1n) is 8.76. The molecule has 0 aliphatic carbocycles. The molecule has 5 rings (SSSR count). The molecule has 0 atom stereocenters. The molecular formula is C19H21N5O. The van der Waals surface area contributed by atoms with E-state index in [0.717, 1.165) is 55.1 Å². The number of hydrogen-bond donors (Lipinski definition) is 2. The van der Waals surface area contributed by atoms with Crippen molar-refractivity contribution in [2.75, 3.05) is 31.6 Å². The molecule has 2 aromatic heterocycles. The maximum Gasteiger partial charge on any atom is 0.145 e. The van der Waals surface area contributed by atoms with Gasteiger partial charge in [0, 0.05) is 23.8 Å². The summed E-state index contributed by atoms with van der Waals surface area (Å²) in [5, 5.41) is 4.56. The molecule has 25 heavy (non-hydrogen) atoms. The van der Waals surface area contributed by atoms with Crippen LogP contribution >= 0.6 is 0 Å². The van der Waals surface area contributed by atoms with Gasteiger partial charge in [-0.1, -0.05) is 0 Å². The molecule has 4 heterocycles. The van der Waals surface area contributed by atoms with E-state index in [1.807, 2.05) is 12.3 Å². The van der Waals surface area contributed by atoms with Crippen LogP contribution in [0.3, 0.4) is 0 Å². The van der Waals surface area contributed by atoms with E-state index < -0.39 is 0 Å². The second-order valence-electron chi connectivity index (χ2n) is 6.94. The number of rotatable bonds is 2. The highest BCUT2D eigenvalue weighted by Gasteiger charge is 2.44. The maximum atomic E-state index is 5.51. The Morgan fingerprint density at radius 1 is 1.16 bits per heavy atom. The molecule has 1 aromatic carbocycles. The first kappa shape index (κ1) is 14.7. The lowest BCUT2D eigenvalue weighted by Gasteiger charge is -2.35. The van der Waals surface area contributed by atoms with Crippen LogP contribution in [-0.4, -0.2) is 41.7 Å². The van der Waals surface area contributed by atoms with Gasteiger partial charge in [0.2, 0.25) is 0 Å². The smallest absolute Gasteiger partial charge is 0.145 e. The fourth-order valence-corrected chi connectivity index (χ4v) is 4.37. The molecule has 1 fully saturated rings. The quantitative estimate of drug-likeness (QED) is 0.754. The summed E-state index contributed by atoms with van der Waals surface area (Å²) < 4.78 is 5.51. The number of benzene rings is 1. The second kappa shape index (κ2) is 5.46. The Hall–Kier alpha value is -2.60. The molecule has 6 heteroatoms. The first-order chi connectivity index (χ1) is 12.3. The Balaban J connectivity index is 1.69. The summed E-state index contributed by atoms with van der Waals surface area (Å²) in [5.74, 6) is 1.90. The molecule has 3 aromatic rings. The number of ether oxygens (including phenoxy) is 1. The fraction of sp³-hybridized carbons (Fsp3) is 0.368. The molecule has 6 nitrogen and oxygen atoms in total. The number of hydrogen-bond acceptors (Lipinski definition) is 5. The van der Waals surface area contributed by atoms with Crippen LogP contribution in [0, 0.1) is 0 Å². The topological polar surface area (TPSA) is 66.1 Å². The molecule has 128 valence electrons. The molecule has 0 radical (unpaired) electrons. The van der Waals surface area contributed by atoms with Crippen LogP contribution in [0.15, 0.2) is 36.8 Å². The summed E-state index contributed by atoms with van der Waals surface area (Å²) >= 11 is 0. The van der Waals surface area contributed by atoms with Gasteiger partial charge in [-0.05, 0) is 55.8 Å². The highest BCUT2D eigenvalue weighted by molar-refractivity contribution is 5.91. The van der Waals surface area contributed by atoms with Crippen LogP contribution in [0.4, 0.5) is 11.5 Å². The predicted octanol–water partition coefficient (Wildman–Crippen LogP) is 2.74. The third kappa shape index (κ3) is 2.14. The van der Waals surface area contributed by atoms with Crippen molar-refractivity contribution < 1.29 is 4.74 Å². The van der Waals surface area contributed by atoms with Gasteiger partial charge >= 0.3 is 0 Å². The van der Waals surface area contributed by atoms with Crippen LogP contribution in [0.25, 0.3) is 11.0 Å². The minimum Gasteiger partial charge on any atom is -0.497 e. The largest absolute Gasteiger partial charge is 0.497 e. The van der Waals surface area contributed by atoms with Gasteiger partial charge in [-0.15, -0.1) is 0 Å². The van der Waals surface area contributed by atoms with E-state index >= 15 is 0 Å². The van der Waals surface area contributed by atoms with E-state index in [0.29, 0.717) is 0 Å². The van der Waals surface area contributed by atoms with E-state index in [1.165, 1.54) is 11.3 Å². The lowest BCUT2D eigenvalue weighted by Crippen LogP contribution is -2.42. The molecule has 2 aliphatic rings. The van der Waals surface area contributed by atoms with Gasteiger partial charge in [-0.2, -0.15) is 0 Å². The Labute approximate surface area is 146 Å². The highest BCUT2D eigenvalue weighted by Crippen LogP contribution is 2.50. The lowest BCUT2D eigenvalue weighted by atomic mass is 9.75. The molecule has 0 unspecified atom stereocenters. The predicted molar refractivity (Wildman–Crippen MR) is 97.7 cm³/mol. The minimum atomic E-state index is 0.155. The fourth-order valence-electron chi connectivity index (χ4n) is 4.37. The van der Waals surface area contributed by atoms with Crippen molar-refractivity contribution in [2.45, 2.75) is 18.3 Å². The molecule has 1 saturated heterocycles. The third-order valence-corrected chi connectivity index (χ3v) is 5.68. The highest BCUT2D eigenvalue weighted by atomic mass is 16.5. The van der Waals surface area contributed by atoms with E-state index in [2.05, 4.69) is 43.4 Å². The number of H-pyrrole nitrogens is 1. The van der Waals surface area contributed by atoms with E-state index in [4.69, 9.17) is 4.74 Å². The van der Waals surface area contributed by atoms with Gasteiger partial charge in [0.05, 0.1) is 12.5 Å². The lowest BCUT2D eigenvalue weighted by molar-refractivity contribution is 0.327. The SMILES string of the molecule is COc1ccc2c(c1)C1(CCNCC1)CN2c1ncnc2[nH]ccc12. The van der Waals surface area contributed by atoms with Crippen LogP contribution in [-0.2, 0) is 5.41 Å². The second-order valence-corrected chi connectivity index (χ2v) is 6.94. The van der Waals surface area contributed by atoms with Crippen LogP contribution in [0.1, 0.15) is 18.4 Å². The summed E-state index contributed by atoms with van der Waals surface area (Å²) in [7, 11) is 1.73. The van der Waals surface area contributed by atoms with Gasteiger partial charge in [0.1, 0.15) is 23.5 Å². The molecule has 0 bridgehead atoms. The Morgan fingerprint density at radius 3 is 2.88 bits per heavy atom. The van der Waals surface area contributed by atoms with E-state index in [9.17, 15) is 0 Å². The number of aromatic amines is 1. The number of nitrogens with zero attached hydrogens (tertiary/aromatic N) is 3. The van der Waals surface area contributed by atoms with Gasteiger partial charge in [-0.25, -0.2) is 9.97 Å². The summed E-state index contributed by atoms with van der Waals surface area (Å²) in [6.45, 7) is 3.05. The molecular weight excluding hydrogens is 314 g/mol. The van der Waals surface area contributed by atoms with E-state index in [1.54, 1.807) is 13.4 Å². The third-order valence-electron chi connectivity index (χ3n) is 5.68. The van der Waals surface area contributed by atoms with Crippen molar-refractivity contribution in [3.05, 3.63) is 42.4 Å². The van der Waals surface area contributed by atoms with Gasteiger partial charge in [-0.3, -0.25) is 0 Å². The van der Waals surface area contributed by atoms with Gasteiger partial charge < -0.3 is 19.9 Å². The molecule has 0 amide bonds. The number of nitrogens with one attached hydrogen (secondary N) is 2. The number of fused-ring (bicyclic) bond motifs is 3. The minimum absolute atomic E-state index is 0.155.